The highest BCUT2D eigenvalue weighted by Gasteiger charge is 2.46. The molecule has 68 heavy (non-hydrogen) atoms. The highest BCUT2D eigenvalue weighted by atomic mass is 16.3. The van der Waals surface area contributed by atoms with Gasteiger partial charge in [-0.3, -0.25) is 0 Å². The molecule has 0 unspecified atom stereocenters. The second-order valence-corrected chi connectivity index (χ2v) is 17.9. The van der Waals surface area contributed by atoms with E-state index in [1.165, 1.54) is 33.4 Å². The zero-order valence-electron chi connectivity index (χ0n) is 36.9. The predicted octanol–water partition coefficient (Wildman–Crippen LogP) is 17.8. The Morgan fingerprint density at radius 1 is 0.294 bits per heavy atom. The lowest BCUT2D eigenvalue weighted by molar-refractivity contribution is 0.669. The molecule has 1 aliphatic carbocycles. The van der Waals surface area contributed by atoms with Gasteiger partial charge in [-0.05, 0) is 92.4 Å². The second-order valence-electron chi connectivity index (χ2n) is 17.9. The largest absolute Gasteiger partial charge is 0.455 e. The lowest BCUT2D eigenvalue weighted by atomic mass is 9.68. The van der Waals surface area contributed by atoms with E-state index < -0.39 is 5.41 Å². The van der Waals surface area contributed by atoms with Crippen molar-refractivity contribution >= 4 is 71.7 Å². The first-order valence-electron chi connectivity index (χ1n) is 23.3. The number of para-hydroxylation sites is 4. The molecule has 2 aromatic heterocycles. The van der Waals surface area contributed by atoms with Gasteiger partial charge in [0.05, 0.1) is 11.1 Å². The molecule has 0 spiro atoms. The Kier molecular flexibility index (Phi) is 8.50. The maximum atomic E-state index is 6.63. The monoisotopic (exact) mass is 867 g/mol. The molecule has 318 valence electrons. The summed E-state index contributed by atoms with van der Waals surface area (Å²) in [6.07, 6.45) is 0. The maximum absolute atomic E-state index is 6.63. The van der Waals surface area contributed by atoms with E-state index in [1.54, 1.807) is 0 Å². The first-order chi connectivity index (χ1) is 33.7. The SMILES string of the molecule is c1ccc(C2(c3ccccc3)c3ccccc3-c3cc(N(c4ccc(-c5cccc6c5oc5ccccc56)cc4)c4ccc(-c5cccc6c5oc5ccccc56)c5ccccc45)ccc32)cc1. The molecule has 0 atom stereocenters. The van der Waals surface area contributed by atoms with Crippen LogP contribution in [-0.2, 0) is 5.41 Å². The van der Waals surface area contributed by atoms with Gasteiger partial charge in [0.15, 0.2) is 0 Å². The molecule has 0 saturated carbocycles. The molecular formula is C65H41NO2. The fourth-order valence-corrected chi connectivity index (χ4v) is 11.4. The summed E-state index contributed by atoms with van der Waals surface area (Å²) in [5, 5.41) is 6.77. The average Bonchev–Trinajstić information content (AvgIpc) is 4.08. The molecule has 0 aliphatic heterocycles. The van der Waals surface area contributed by atoms with E-state index in [9.17, 15) is 0 Å². The van der Waals surface area contributed by atoms with E-state index in [4.69, 9.17) is 8.83 Å². The molecule has 11 aromatic carbocycles. The van der Waals surface area contributed by atoms with Gasteiger partial charge in [0, 0.05) is 49.4 Å². The van der Waals surface area contributed by atoms with Crippen LogP contribution in [0.2, 0.25) is 0 Å². The molecule has 0 amide bonds. The third kappa shape index (κ3) is 5.60. The van der Waals surface area contributed by atoms with Gasteiger partial charge in [0.1, 0.15) is 22.3 Å². The van der Waals surface area contributed by atoms with Crippen molar-refractivity contribution in [1.82, 2.24) is 0 Å². The van der Waals surface area contributed by atoms with Crippen molar-refractivity contribution in [2.75, 3.05) is 4.90 Å². The number of hydrogen-bond acceptors (Lipinski definition) is 3. The Morgan fingerprint density at radius 2 is 0.794 bits per heavy atom. The van der Waals surface area contributed by atoms with Crippen LogP contribution in [0, 0.1) is 0 Å². The number of furan rings is 2. The van der Waals surface area contributed by atoms with Gasteiger partial charge in [-0.1, -0.05) is 206 Å². The molecule has 13 aromatic rings. The standard InChI is InChI=1S/C65H41NO2/c1-3-17-43(18-4-1)65(44-19-5-2-6-20-44)58-30-12-9-22-50(58)57-41-46(37-39-59(57)65)66(45-35-33-42(34-36-45)47-26-15-28-55-52-24-10-13-31-61(52)67-63(47)55)60-40-38-49(48-21-7-8-23-51(48)60)54-27-16-29-56-53-25-11-14-32-62(53)68-64(54)56/h1-41H. The topological polar surface area (TPSA) is 29.5 Å². The summed E-state index contributed by atoms with van der Waals surface area (Å²) >= 11 is 0. The zero-order valence-corrected chi connectivity index (χ0v) is 36.9. The van der Waals surface area contributed by atoms with Crippen LogP contribution in [0.5, 0.6) is 0 Å². The van der Waals surface area contributed by atoms with Gasteiger partial charge in [0.25, 0.3) is 0 Å². The van der Waals surface area contributed by atoms with Gasteiger partial charge in [0.2, 0.25) is 0 Å². The number of hydrogen-bond donors (Lipinski definition) is 0. The molecule has 3 nitrogen and oxygen atoms in total. The van der Waals surface area contributed by atoms with Gasteiger partial charge >= 0.3 is 0 Å². The summed E-state index contributed by atoms with van der Waals surface area (Å²) in [5.74, 6) is 0. The molecule has 1 aliphatic rings. The molecule has 0 fully saturated rings. The Morgan fingerprint density at radius 3 is 1.47 bits per heavy atom. The first kappa shape index (κ1) is 38.4. The van der Waals surface area contributed by atoms with E-state index in [0.717, 1.165) is 94.0 Å². The van der Waals surface area contributed by atoms with Gasteiger partial charge in [-0.2, -0.15) is 0 Å². The van der Waals surface area contributed by atoms with Gasteiger partial charge in [-0.25, -0.2) is 0 Å². The van der Waals surface area contributed by atoms with Crippen molar-refractivity contribution in [3.05, 3.63) is 271 Å². The quantitative estimate of drug-likeness (QED) is 0.160. The molecule has 3 heteroatoms. The minimum absolute atomic E-state index is 0.497. The third-order valence-electron chi connectivity index (χ3n) is 14.4. The summed E-state index contributed by atoms with van der Waals surface area (Å²) in [5.41, 5.74) is 18.2. The summed E-state index contributed by atoms with van der Waals surface area (Å²) in [6.45, 7) is 0. The van der Waals surface area contributed by atoms with Gasteiger partial charge in [-0.15, -0.1) is 0 Å². The summed E-state index contributed by atoms with van der Waals surface area (Å²) in [7, 11) is 0. The van der Waals surface area contributed by atoms with Crippen molar-refractivity contribution in [2.24, 2.45) is 0 Å². The predicted molar refractivity (Wildman–Crippen MR) is 281 cm³/mol. The fraction of sp³-hybridized carbons (Fsp3) is 0.0154. The zero-order chi connectivity index (χ0) is 44.8. The fourth-order valence-electron chi connectivity index (χ4n) is 11.4. The Bertz CT molecular complexity index is 4050. The molecule has 0 radical (unpaired) electrons. The number of rotatable bonds is 7. The minimum Gasteiger partial charge on any atom is -0.455 e. The molecule has 0 N–H and O–H groups in total. The van der Waals surface area contributed by atoms with E-state index in [-0.39, 0.29) is 0 Å². The number of nitrogens with zero attached hydrogens (tertiary/aromatic N) is 1. The van der Waals surface area contributed by atoms with Crippen LogP contribution in [0.1, 0.15) is 22.3 Å². The second kappa shape index (κ2) is 15.1. The van der Waals surface area contributed by atoms with Crippen LogP contribution in [0.25, 0.3) is 88.0 Å². The van der Waals surface area contributed by atoms with Crippen molar-refractivity contribution in [3.63, 3.8) is 0 Å². The molecule has 0 saturated heterocycles. The highest BCUT2D eigenvalue weighted by Crippen LogP contribution is 2.57. The lowest BCUT2D eigenvalue weighted by Gasteiger charge is -2.34. The molecule has 14 rings (SSSR count). The van der Waals surface area contributed by atoms with Crippen LogP contribution in [-0.4, -0.2) is 0 Å². The summed E-state index contributed by atoms with van der Waals surface area (Å²) < 4.78 is 13.2. The summed E-state index contributed by atoms with van der Waals surface area (Å²) in [4.78, 5) is 2.44. The Labute approximate surface area is 393 Å². The summed E-state index contributed by atoms with van der Waals surface area (Å²) in [6, 6.07) is 90.0. The van der Waals surface area contributed by atoms with Crippen LogP contribution >= 0.6 is 0 Å². The first-order valence-corrected chi connectivity index (χ1v) is 23.3. The van der Waals surface area contributed by atoms with Crippen LogP contribution in [0.4, 0.5) is 17.1 Å². The van der Waals surface area contributed by atoms with Gasteiger partial charge < -0.3 is 13.7 Å². The highest BCUT2D eigenvalue weighted by molar-refractivity contribution is 6.14. The minimum atomic E-state index is -0.497. The van der Waals surface area contributed by atoms with Crippen molar-refractivity contribution in [3.8, 4) is 33.4 Å². The molecule has 2 heterocycles. The molecular weight excluding hydrogens is 827 g/mol. The van der Waals surface area contributed by atoms with Crippen molar-refractivity contribution < 1.29 is 8.83 Å². The number of fused-ring (bicyclic) bond motifs is 10. The number of benzene rings is 11. The van der Waals surface area contributed by atoms with E-state index in [2.05, 4.69) is 235 Å². The third-order valence-corrected chi connectivity index (χ3v) is 14.4. The normalized spacial score (nSPS) is 12.8. The Balaban J connectivity index is 0.991. The van der Waals surface area contributed by atoms with E-state index >= 15 is 0 Å². The van der Waals surface area contributed by atoms with E-state index in [1.807, 2.05) is 18.2 Å². The maximum Gasteiger partial charge on any atom is 0.143 e. The van der Waals surface area contributed by atoms with Crippen LogP contribution in [0.15, 0.2) is 258 Å². The van der Waals surface area contributed by atoms with Crippen molar-refractivity contribution in [2.45, 2.75) is 5.41 Å². The van der Waals surface area contributed by atoms with E-state index in [0.29, 0.717) is 0 Å². The smallest absolute Gasteiger partial charge is 0.143 e. The lowest BCUT2D eigenvalue weighted by Crippen LogP contribution is -2.28. The molecule has 0 bridgehead atoms. The Hall–Kier alpha value is -8.92. The number of anilines is 3. The van der Waals surface area contributed by atoms with Crippen LogP contribution in [0.3, 0.4) is 0 Å². The van der Waals surface area contributed by atoms with Crippen molar-refractivity contribution in [1.29, 1.82) is 0 Å². The van der Waals surface area contributed by atoms with Crippen LogP contribution < -0.4 is 4.90 Å². The average molecular weight is 868 g/mol.